The molecule has 0 fully saturated rings. The number of aryl methyl sites for hydroxylation is 1. The summed E-state index contributed by atoms with van der Waals surface area (Å²) in [6.07, 6.45) is 4.32. The monoisotopic (exact) mass is 341 g/mol. The van der Waals surface area contributed by atoms with Crippen molar-refractivity contribution in [3.63, 3.8) is 0 Å². The van der Waals surface area contributed by atoms with Crippen LogP contribution in [0.15, 0.2) is 28.9 Å². The topological polar surface area (TPSA) is 29.9 Å². The fraction of sp³-hybridized carbons (Fsp3) is 0.357. The second kappa shape index (κ2) is 6.44. The highest BCUT2D eigenvalue weighted by atomic mass is 79.9. The number of hydrogen-bond acceptors (Lipinski definition) is 2. The van der Waals surface area contributed by atoms with E-state index in [4.69, 9.17) is 11.6 Å². The van der Waals surface area contributed by atoms with Crippen molar-refractivity contribution >= 4 is 33.5 Å². The molecular formula is C14H17BrClN3. The molecule has 0 atom stereocenters. The Hall–Kier alpha value is -1.000. The molecule has 0 saturated heterocycles. The van der Waals surface area contributed by atoms with Gasteiger partial charge in [-0.15, -0.1) is 0 Å². The van der Waals surface area contributed by atoms with E-state index < -0.39 is 0 Å². The maximum atomic E-state index is 6.03. The molecule has 0 spiro atoms. The number of aromatic nitrogens is 2. The smallest absolute Gasteiger partial charge is 0.207 e. The summed E-state index contributed by atoms with van der Waals surface area (Å²) in [4.78, 5) is 4.51. The van der Waals surface area contributed by atoms with Gasteiger partial charge in [-0.05, 0) is 47.5 Å². The highest BCUT2D eigenvalue weighted by molar-refractivity contribution is 9.10. The molecule has 102 valence electrons. The number of rotatable bonds is 5. The van der Waals surface area contributed by atoms with Gasteiger partial charge in [-0.1, -0.05) is 24.9 Å². The molecule has 1 aromatic heterocycles. The fourth-order valence-corrected chi connectivity index (χ4v) is 2.32. The summed E-state index contributed by atoms with van der Waals surface area (Å²) in [6.45, 7) is 5.10. The van der Waals surface area contributed by atoms with Gasteiger partial charge in [0.05, 0.1) is 10.7 Å². The molecular weight excluding hydrogens is 326 g/mol. The first kappa shape index (κ1) is 14.4. The fourth-order valence-electron chi connectivity index (χ4n) is 1.83. The minimum absolute atomic E-state index is 0.709. The molecule has 2 rings (SSSR count). The number of nitrogens with one attached hydrogen (secondary N) is 1. The van der Waals surface area contributed by atoms with Crippen LogP contribution in [0.2, 0.25) is 5.02 Å². The normalized spacial score (nSPS) is 10.7. The minimum atomic E-state index is 0.709. The molecule has 3 nitrogen and oxygen atoms in total. The van der Waals surface area contributed by atoms with Crippen LogP contribution in [0.25, 0.3) is 5.69 Å². The van der Waals surface area contributed by atoms with E-state index in [9.17, 15) is 0 Å². The molecule has 19 heavy (non-hydrogen) atoms. The Balaban J connectivity index is 2.29. The lowest BCUT2D eigenvalue weighted by Gasteiger charge is -2.10. The van der Waals surface area contributed by atoms with Crippen LogP contribution in [0.4, 0.5) is 5.95 Å². The largest absolute Gasteiger partial charge is 0.355 e. The summed E-state index contributed by atoms with van der Waals surface area (Å²) in [7, 11) is 0. The van der Waals surface area contributed by atoms with Gasteiger partial charge in [-0.25, -0.2) is 4.98 Å². The van der Waals surface area contributed by atoms with Crippen molar-refractivity contribution in [3.8, 4) is 5.69 Å². The van der Waals surface area contributed by atoms with E-state index >= 15 is 0 Å². The van der Waals surface area contributed by atoms with Crippen LogP contribution in [0.5, 0.6) is 0 Å². The van der Waals surface area contributed by atoms with Gasteiger partial charge in [0.2, 0.25) is 5.95 Å². The SMILES string of the molecule is CCCCNc1nc(C)cn1-c1ccc(Cl)c(Br)c1. The van der Waals surface area contributed by atoms with Gasteiger partial charge in [-0.3, -0.25) is 4.57 Å². The van der Waals surface area contributed by atoms with Crippen LogP contribution in [0.3, 0.4) is 0 Å². The van der Waals surface area contributed by atoms with Crippen molar-refractivity contribution in [1.82, 2.24) is 9.55 Å². The Labute approximate surface area is 127 Å². The van der Waals surface area contributed by atoms with Crippen molar-refractivity contribution in [1.29, 1.82) is 0 Å². The third kappa shape index (κ3) is 3.51. The van der Waals surface area contributed by atoms with Gasteiger partial charge in [-0.2, -0.15) is 0 Å². The summed E-state index contributed by atoms with van der Waals surface area (Å²) in [6, 6.07) is 5.86. The van der Waals surface area contributed by atoms with Crippen molar-refractivity contribution in [2.24, 2.45) is 0 Å². The predicted octanol–water partition coefficient (Wildman–Crippen LogP) is 4.81. The molecule has 0 amide bonds. The van der Waals surface area contributed by atoms with E-state index in [2.05, 4.69) is 33.2 Å². The number of nitrogens with zero attached hydrogens (tertiary/aromatic N) is 2. The maximum Gasteiger partial charge on any atom is 0.207 e. The summed E-state index contributed by atoms with van der Waals surface area (Å²) < 4.78 is 2.93. The number of unbranched alkanes of at least 4 members (excludes halogenated alkanes) is 1. The Kier molecular flexibility index (Phi) is 4.88. The molecule has 0 aliphatic carbocycles. The van der Waals surface area contributed by atoms with E-state index in [1.807, 2.05) is 35.9 Å². The highest BCUT2D eigenvalue weighted by Crippen LogP contribution is 2.26. The van der Waals surface area contributed by atoms with Crippen molar-refractivity contribution in [3.05, 3.63) is 39.6 Å². The molecule has 0 unspecified atom stereocenters. The van der Waals surface area contributed by atoms with Gasteiger partial charge in [0.15, 0.2) is 0 Å². The van der Waals surface area contributed by atoms with E-state index in [0.717, 1.165) is 34.8 Å². The first-order valence-corrected chi connectivity index (χ1v) is 7.54. The molecule has 5 heteroatoms. The van der Waals surface area contributed by atoms with Crippen LogP contribution in [-0.2, 0) is 0 Å². The van der Waals surface area contributed by atoms with Gasteiger partial charge in [0, 0.05) is 22.9 Å². The van der Waals surface area contributed by atoms with Crippen LogP contribution in [0, 0.1) is 6.92 Å². The quantitative estimate of drug-likeness (QED) is 0.790. The lowest BCUT2D eigenvalue weighted by Crippen LogP contribution is -2.07. The number of benzene rings is 1. The molecule has 0 bridgehead atoms. The second-order valence-electron chi connectivity index (χ2n) is 4.45. The summed E-state index contributed by atoms with van der Waals surface area (Å²) >= 11 is 9.48. The molecule has 1 heterocycles. The summed E-state index contributed by atoms with van der Waals surface area (Å²) in [5.74, 6) is 0.875. The molecule has 0 radical (unpaired) electrons. The van der Waals surface area contributed by atoms with Crippen LogP contribution in [0.1, 0.15) is 25.5 Å². The Morgan fingerprint density at radius 1 is 1.42 bits per heavy atom. The molecule has 2 aromatic rings. The van der Waals surface area contributed by atoms with Gasteiger partial charge in [0.25, 0.3) is 0 Å². The van der Waals surface area contributed by atoms with Gasteiger partial charge in [0.1, 0.15) is 0 Å². The third-order valence-electron chi connectivity index (χ3n) is 2.82. The predicted molar refractivity (Wildman–Crippen MR) is 84.4 cm³/mol. The number of anilines is 1. The Morgan fingerprint density at radius 3 is 2.89 bits per heavy atom. The van der Waals surface area contributed by atoms with E-state index in [0.29, 0.717) is 5.02 Å². The average Bonchev–Trinajstić information content (AvgIpc) is 2.74. The van der Waals surface area contributed by atoms with Crippen LogP contribution >= 0.6 is 27.5 Å². The van der Waals surface area contributed by atoms with Crippen molar-refractivity contribution in [2.45, 2.75) is 26.7 Å². The van der Waals surface area contributed by atoms with Crippen LogP contribution in [-0.4, -0.2) is 16.1 Å². The minimum Gasteiger partial charge on any atom is -0.355 e. The van der Waals surface area contributed by atoms with Gasteiger partial charge >= 0.3 is 0 Å². The summed E-state index contributed by atoms with van der Waals surface area (Å²) in [5, 5.41) is 4.08. The first-order chi connectivity index (χ1) is 9.11. The lowest BCUT2D eigenvalue weighted by atomic mass is 10.3. The maximum absolute atomic E-state index is 6.03. The highest BCUT2D eigenvalue weighted by Gasteiger charge is 2.08. The zero-order valence-corrected chi connectivity index (χ0v) is 13.4. The molecule has 1 N–H and O–H groups in total. The summed E-state index contributed by atoms with van der Waals surface area (Å²) in [5.41, 5.74) is 2.03. The number of halogens is 2. The van der Waals surface area contributed by atoms with Crippen molar-refractivity contribution in [2.75, 3.05) is 11.9 Å². The van der Waals surface area contributed by atoms with E-state index in [-0.39, 0.29) is 0 Å². The van der Waals surface area contributed by atoms with E-state index in [1.165, 1.54) is 6.42 Å². The lowest BCUT2D eigenvalue weighted by molar-refractivity contribution is 0.823. The van der Waals surface area contributed by atoms with Crippen molar-refractivity contribution < 1.29 is 0 Å². The molecule has 0 saturated carbocycles. The molecule has 1 aromatic carbocycles. The second-order valence-corrected chi connectivity index (χ2v) is 5.72. The third-order valence-corrected chi connectivity index (χ3v) is 4.04. The standard InChI is InChI=1S/C14H17BrClN3/c1-3-4-7-17-14-18-10(2)9-19(14)11-5-6-13(16)12(15)8-11/h5-6,8-9H,3-4,7H2,1-2H3,(H,17,18). The number of hydrogen-bond donors (Lipinski definition) is 1. The van der Waals surface area contributed by atoms with E-state index in [1.54, 1.807) is 0 Å². The zero-order valence-electron chi connectivity index (χ0n) is 11.1. The molecule has 0 aliphatic heterocycles. The average molecular weight is 343 g/mol. The van der Waals surface area contributed by atoms with Crippen LogP contribution < -0.4 is 5.32 Å². The Bertz CT molecular complexity index is 566. The zero-order chi connectivity index (χ0) is 13.8. The molecule has 0 aliphatic rings. The first-order valence-electron chi connectivity index (χ1n) is 6.37. The number of imidazole rings is 1. The van der Waals surface area contributed by atoms with Gasteiger partial charge < -0.3 is 5.32 Å². The Morgan fingerprint density at radius 2 is 2.21 bits per heavy atom.